The fourth-order valence-corrected chi connectivity index (χ4v) is 1.87. The zero-order valence-electron chi connectivity index (χ0n) is 9.85. The smallest absolute Gasteiger partial charge is 0.0961 e. The van der Waals surface area contributed by atoms with Crippen molar-refractivity contribution in [1.82, 2.24) is 4.90 Å². The highest BCUT2D eigenvalue weighted by Gasteiger charge is 2.27. The molecule has 2 unspecified atom stereocenters. The van der Waals surface area contributed by atoms with Gasteiger partial charge >= 0.3 is 0 Å². The molecule has 0 amide bonds. The first kappa shape index (κ1) is 12.7. The van der Waals surface area contributed by atoms with Gasteiger partial charge in [0, 0.05) is 19.1 Å². The van der Waals surface area contributed by atoms with E-state index in [4.69, 9.17) is 4.74 Å². The second-order valence-electron chi connectivity index (χ2n) is 4.43. The Bertz CT molecular complexity index is 194. The molecule has 0 bridgehead atoms. The molecule has 3 heteroatoms. The van der Waals surface area contributed by atoms with E-state index in [1.807, 2.05) is 6.08 Å². The van der Waals surface area contributed by atoms with Crippen molar-refractivity contribution >= 4 is 0 Å². The van der Waals surface area contributed by atoms with E-state index < -0.39 is 0 Å². The van der Waals surface area contributed by atoms with Gasteiger partial charge in [0.05, 0.1) is 18.8 Å². The van der Waals surface area contributed by atoms with Gasteiger partial charge in [0.25, 0.3) is 0 Å². The van der Waals surface area contributed by atoms with Gasteiger partial charge in [-0.15, -0.1) is 6.58 Å². The SMILES string of the molecule is C=CCCC(O)C1CN(C(C)C)CCO1. The van der Waals surface area contributed by atoms with Gasteiger partial charge in [-0.1, -0.05) is 6.08 Å². The molecule has 0 aromatic rings. The third kappa shape index (κ3) is 3.93. The lowest BCUT2D eigenvalue weighted by Crippen LogP contribution is -2.50. The van der Waals surface area contributed by atoms with Crippen LogP contribution in [0, 0.1) is 0 Å². The molecule has 88 valence electrons. The standard InChI is InChI=1S/C12H23NO2/c1-4-5-6-11(14)12-9-13(10(2)3)7-8-15-12/h4,10-12,14H,1,5-9H2,2-3H3. The second kappa shape index (κ2) is 6.26. The normalized spacial score (nSPS) is 25.5. The van der Waals surface area contributed by atoms with Crippen molar-refractivity contribution in [2.75, 3.05) is 19.7 Å². The van der Waals surface area contributed by atoms with E-state index in [1.54, 1.807) is 0 Å². The molecule has 1 saturated heterocycles. The Morgan fingerprint density at radius 3 is 2.93 bits per heavy atom. The molecule has 1 rings (SSSR count). The maximum atomic E-state index is 9.91. The van der Waals surface area contributed by atoms with Gasteiger partial charge < -0.3 is 9.84 Å². The monoisotopic (exact) mass is 213 g/mol. The van der Waals surface area contributed by atoms with Gasteiger partial charge in [-0.3, -0.25) is 4.90 Å². The predicted octanol–water partition coefficient (Wildman–Crippen LogP) is 1.42. The summed E-state index contributed by atoms with van der Waals surface area (Å²) in [5, 5.41) is 9.91. The van der Waals surface area contributed by atoms with Crippen molar-refractivity contribution in [2.24, 2.45) is 0 Å². The summed E-state index contributed by atoms with van der Waals surface area (Å²) in [7, 11) is 0. The van der Waals surface area contributed by atoms with Crippen LogP contribution in [0.4, 0.5) is 0 Å². The fraction of sp³-hybridized carbons (Fsp3) is 0.833. The highest BCUT2D eigenvalue weighted by Crippen LogP contribution is 2.14. The number of rotatable bonds is 5. The molecular weight excluding hydrogens is 190 g/mol. The Hall–Kier alpha value is -0.380. The number of aliphatic hydroxyl groups excluding tert-OH is 1. The van der Waals surface area contributed by atoms with Crippen molar-refractivity contribution in [2.45, 2.75) is 44.9 Å². The lowest BCUT2D eigenvalue weighted by Gasteiger charge is -2.37. The third-order valence-corrected chi connectivity index (χ3v) is 2.95. The van der Waals surface area contributed by atoms with Crippen LogP contribution in [0.25, 0.3) is 0 Å². The molecule has 2 atom stereocenters. The summed E-state index contributed by atoms with van der Waals surface area (Å²) in [5.74, 6) is 0. The van der Waals surface area contributed by atoms with Gasteiger partial charge in [0.2, 0.25) is 0 Å². The number of hydrogen-bond acceptors (Lipinski definition) is 3. The van der Waals surface area contributed by atoms with Crippen molar-refractivity contribution in [3.05, 3.63) is 12.7 Å². The first-order valence-electron chi connectivity index (χ1n) is 5.79. The Morgan fingerprint density at radius 1 is 1.60 bits per heavy atom. The highest BCUT2D eigenvalue weighted by molar-refractivity contribution is 4.81. The van der Waals surface area contributed by atoms with Crippen molar-refractivity contribution < 1.29 is 9.84 Å². The molecule has 0 radical (unpaired) electrons. The number of hydrogen-bond donors (Lipinski definition) is 1. The van der Waals surface area contributed by atoms with Crippen LogP contribution in [0.1, 0.15) is 26.7 Å². The van der Waals surface area contributed by atoms with Crippen LogP contribution in [0.15, 0.2) is 12.7 Å². The topological polar surface area (TPSA) is 32.7 Å². The van der Waals surface area contributed by atoms with Crippen LogP contribution in [0.2, 0.25) is 0 Å². The molecule has 1 heterocycles. The molecule has 1 aliphatic rings. The molecule has 1 aliphatic heterocycles. The lowest BCUT2D eigenvalue weighted by molar-refractivity contribution is -0.0960. The van der Waals surface area contributed by atoms with Crippen molar-refractivity contribution in [3.8, 4) is 0 Å². The van der Waals surface area contributed by atoms with Crippen LogP contribution >= 0.6 is 0 Å². The van der Waals surface area contributed by atoms with Gasteiger partial charge in [-0.05, 0) is 26.7 Å². The maximum absolute atomic E-state index is 9.91. The molecule has 15 heavy (non-hydrogen) atoms. The highest BCUT2D eigenvalue weighted by atomic mass is 16.5. The average Bonchev–Trinajstić information content (AvgIpc) is 2.26. The first-order valence-corrected chi connectivity index (χ1v) is 5.79. The Kier molecular flexibility index (Phi) is 5.29. The van der Waals surface area contributed by atoms with Crippen molar-refractivity contribution in [1.29, 1.82) is 0 Å². The summed E-state index contributed by atoms with van der Waals surface area (Å²) in [6.07, 6.45) is 3.06. The minimum absolute atomic E-state index is 0.0268. The lowest BCUT2D eigenvalue weighted by atomic mass is 10.1. The fourth-order valence-electron chi connectivity index (χ4n) is 1.87. The van der Waals surface area contributed by atoms with Crippen LogP contribution in [0.5, 0.6) is 0 Å². The van der Waals surface area contributed by atoms with E-state index in [0.29, 0.717) is 6.04 Å². The number of morpholine rings is 1. The minimum Gasteiger partial charge on any atom is -0.390 e. The number of allylic oxidation sites excluding steroid dienone is 1. The average molecular weight is 213 g/mol. The van der Waals surface area contributed by atoms with Crippen LogP contribution < -0.4 is 0 Å². The van der Waals surface area contributed by atoms with E-state index >= 15 is 0 Å². The maximum Gasteiger partial charge on any atom is 0.0961 e. The minimum atomic E-state index is -0.357. The van der Waals surface area contributed by atoms with Gasteiger partial charge in [0.1, 0.15) is 0 Å². The van der Waals surface area contributed by atoms with E-state index in [2.05, 4.69) is 25.3 Å². The number of aliphatic hydroxyl groups is 1. The zero-order chi connectivity index (χ0) is 11.3. The van der Waals surface area contributed by atoms with Gasteiger partial charge in [-0.2, -0.15) is 0 Å². The molecule has 0 aliphatic carbocycles. The quantitative estimate of drug-likeness (QED) is 0.701. The largest absolute Gasteiger partial charge is 0.390 e. The summed E-state index contributed by atoms with van der Waals surface area (Å²) >= 11 is 0. The van der Waals surface area contributed by atoms with Gasteiger partial charge in [-0.25, -0.2) is 0 Å². The molecule has 0 aromatic carbocycles. The molecule has 0 saturated carbocycles. The van der Waals surface area contributed by atoms with E-state index in [1.165, 1.54) is 0 Å². The summed E-state index contributed by atoms with van der Waals surface area (Å²) in [6, 6.07) is 0.531. The molecular formula is C12H23NO2. The van der Waals surface area contributed by atoms with Gasteiger partial charge in [0.15, 0.2) is 0 Å². The molecule has 1 N–H and O–H groups in total. The molecule has 0 aromatic heterocycles. The third-order valence-electron chi connectivity index (χ3n) is 2.95. The molecule has 1 fully saturated rings. The Labute approximate surface area is 92.7 Å². The molecule has 3 nitrogen and oxygen atoms in total. The van der Waals surface area contributed by atoms with Crippen LogP contribution in [-0.2, 0) is 4.74 Å². The van der Waals surface area contributed by atoms with E-state index in [-0.39, 0.29) is 12.2 Å². The number of nitrogens with zero attached hydrogens (tertiary/aromatic N) is 1. The Morgan fingerprint density at radius 2 is 2.33 bits per heavy atom. The van der Waals surface area contributed by atoms with Crippen LogP contribution in [0.3, 0.4) is 0 Å². The number of ether oxygens (including phenoxy) is 1. The summed E-state index contributed by atoms with van der Waals surface area (Å²) in [4.78, 5) is 2.35. The van der Waals surface area contributed by atoms with E-state index in [9.17, 15) is 5.11 Å². The molecule has 0 spiro atoms. The zero-order valence-corrected chi connectivity index (χ0v) is 9.85. The predicted molar refractivity (Wildman–Crippen MR) is 61.9 cm³/mol. The summed E-state index contributed by atoms with van der Waals surface area (Å²) < 4.78 is 5.59. The van der Waals surface area contributed by atoms with E-state index in [0.717, 1.165) is 32.5 Å². The van der Waals surface area contributed by atoms with Crippen molar-refractivity contribution in [3.63, 3.8) is 0 Å². The summed E-state index contributed by atoms with van der Waals surface area (Å²) in [5.41, 5.74) is 0. The first-order chi connectivity index (χ1) is 7.15. The van der Waals surface area contributed by atoms with Crippen LogP contribution in [-0.4, -0.2) is 48.0 Å². The summed E-state index contributed by atoms with van der Waals surface area (Å²) in [6.45, 7) is 10.6. The second-order valence-corrected chi connectivity index (χ2v) is 4.43. The Balaban J connectivity index is 2.37.